The van der Waals surface area contributed by atoms with E-state index < -0.39 is 0 Å². The lowest BCUT2D eigenvalue weighted by Gasteiger charge is -2.32. The highest BCUT2D eigenvalue weighted by Gasteiger charge is 2.31. The van der Waals surface area contributed by atoms with Crippen LogP contribution in [0.2, 0.25) is 0 Å². The first-order valence-corrected chi connectivity index (χ1v) is 10.4. The summed E-state index contributed by atoms with van der Waals surface area (Å²) in [6.45, 7) is 8.74. The molecule has 2 N–H and O–H groups in total. The quantitative estimate of drug-likeness (QED) is 0.355. The molecule has 1 aromatic heterocycles. The number of pyridine rings is 1. The molecule has 1 aliphatic carbocycles. The molecule has 1 atom stereocenters. The van der Waals surface area contributed by atoms with Gasteiger partial charge in [0.1, 0.15) is 5.82 Å². The van der Waals surface area contributed by atoms with Crippen LogP contribution in [0.1, 0.15) is 51.5 Å². The lowest BCUT2D eigenvalue weighted by molar-refractivity contribution is 0.0529. The Bertz CT molecular complexity index is 616. The van der Waals surface area contributed by atoms with Crippen molar-refractivity contribution >= 4 is 35.8 Å². The Morgan fingerprint density at radius 3 is 2.71 bits per heavy atom. The predicted molar refractivity (Wildman–Crippen MR) is 127 cm³/mol. The molecule has 0 bridgehead atoms. The Morgan fingerprint density at radius 1 is 1.32 bits per heavy atom. The minimum absolute atomic E-state index is 0. The molecule has 7 heteroatoms. The molecule has 0 amide bonds. The number of hydrogen-bond donors (Lipinski definition) is 2. The number of hydrogen-bond acceptors (Lipinski definition) is 4. The van der Waals surface area contributed by atoms with Gasteiger partial charge in [-0.3, -0.25) is 4.99 Å². The number of guanidine groups is 1. The van der Waals surface area contributed by atoms with Crippen molar-refractivity contribution in [2.24, 2.45) is 10.4 Å². The molecular weight excluding hydrogens is 465 g/mol. The number of aliphatic imine (C=N–C) groups is 1. The van der Waals surface area contributed by atoms with Crippen molar-refractivity contribution in [3.63, 3.8) is 0 Å². The standard InChI is InChI=1S/C21H35N5O.HI/c1-4-21(9-5-6-10-21)16-25-20(22-3)24-14-18-7-8-19(23-13-18)26-11-12-27-17(2)15-26;/h7-8,13,17H,4-6,9-12,14-16H2,1-3H3,(H2,22,24,25);1H. The highest BCUT2D eigenvalue weighted by molar-refractivity contribution is 14.0. The van der Waals surface area contributed by atoms with E-state index in [1.54, 1.807) is 0 Å². The lowest BCUT2D eigenvalue weighted by Crippen LogP contribution is -2.42. The molecule has 2 fully saturated rings. The van der Waals surface area contributed by atoms with E-state index >= 15 is 0 Å². The predicted octanol–water partition coefficient (Wildman–Crippen LogP) is 3.56. The molecule has 1 unspecified atom stereocenters. The first-order valence-electron chi connectivity index (χ1n) is 10.4. The fourth-order valence-corrected chi connectivity index (χ4v) is 4.19. The molecule has 2 heterocycles. The third-order valence-electron chi connectivity index (χ3n) is 6.10. The number of nitrogens with one attached hydrogen (secondary N) is 2. The number of halogens is 1. The Morgan fingerprint density at radius 2 is 2.11 bits per heavy atom. The Kier molecular flexibility index (Phi) is 9.27. The molecule has 0 aromatic carbocycles. The molecule has 1 saturated carbocycles. The van der Waals surface area contributed by atoms with Crippen molar-refractivity contribution in [2.75, 3.05) is 38.2 Å². The van der Waals surface area contributed by atoms with Gasteiger partial charge in [0.25, 0.3) is 0 Å². The van der Waals surface area contributed by atoms with E-state index in [0.29, 0.717) is 5.41 Å². The monoisotopic (exact) mass is 501 g/mol. The molecule has 0 spiro atoms. The van der Waals surface area contributed by atoms with E-state index in [4.69, 9.17) is 4.74 Å². The van der Waals surface area contributed by atoms with Crippen molar-refractivity contribution in [1.82, 2.24) is 15.6 Å². The van der Waals surface area contributed by atoms with Crippen LogP contribution in [-0.4, -0.2) is 50.3 Å². The van der Waals surface area contributed by atoms with Crippen LogP contribution in [0.5, 0.6) is 0 Å². The van der Waals surface area contributed by atoms with Crippen LogP contribution in [0.4, 0.5) is 5.82 Å². The summed E-state index contributed by atoms with van der Waals surface area (Å²) in [6.07, 6.45) is 8.85. The highest BCUT2D eigenvalue weighted by atomic mass is 127. The van der Waals surface area contributed by atoms with Gasteiger partial charge in [0.15, 0.2) is 5.96 Å². The van der Waals surface area contributed by atoms with Crippen molar-refractivity contribution in [1.29, 1.82) is 0 Å². The van der Waals surface area contributed by atoms with Crippen LogP contribution in [0.15, 0.2) is 23.3 Å². The van der Waals surface area contributed by atoms with Crippen molar-refractivity contribution in [3.8, 4) is 0 Å². The summed E-state index contributed by atoms with van der Waals surface area (Å²) in [6, 6.07) is 4.25. The largest absolute Gasteiger partial charge is 0.375 e. The first kappa shape index (κ1) is 23.2. The van der Waals surface area contributed by atoms with E-state index in [9.17, 15) is 0 Å². The van der Waals surface area contributed by atoms with Crippen molar-refractivity contribution < 1.29 is 4.74 Å². The van der Waals surface area contributed by atoms with Gasteiger partial charge in [0.05, 0.1) is 12.7 Å². The molecule has 1 aromatic rings. The van der Waals surface area contributed by atoms with Crippen LogP contribution in [0.25, 0.3) is 0 Å². The van der Waals surface area contributed by atoms with Crippen LogP contribution in [0, 0.1) is 5.41 Å². The van der Waals surface area contributed by atoms with E-state index in [2.05, 4.69) is 51.5 Å². The Labute approximate surface area is 186 Å². The van der Waals surface area contributed by atoms with Gasteiger partial charge in [0.2, 0.25) is 0 Å². The normalized spacial score (nSPS) is 21.9. The molecule has 2 aliphatic rings. The zero-order valence-electron chi connectivity index (χ0n) is 17.5. The number of aromatic nitrogens is 1. The SMILES string of the molecule is CCC1(CNC(=NC)NCc2ccc(N3CCOC(C)C3)nc2)CCCC1.I. The second-order valence-corrected chi connectivity index (χ2v) is 7.99. The van der Waals surface area contributed by atoms with Crippen LogP contribution in [-0.2, 0) is 11.3 Å². The molecule has 1 saturated heterocycles. The van der Waals surface area contributed by atoms with E-state index in [0.717, 1.165) is 50.1 Å². The van der Waals surface area contributed by atoms with Gasteiger partial charge < -0.3 is 20.3 Å². The number of morpholine rings is 1. The summed E-state index contributed by atoms with van der Waals surface area (Å²) in [7, 11) is 1.84. The van der Waals surface area contributed by atoms with Crippen LogP contribution < -0.4 is 15.5 Å². The third-order valence-corrected chi connectivity index (χ3v) is 6.10. The smallest absolute Gasteiger partial charge is 0.191 e. The van der Waals surface area contributed by atoms with Crippen LogP contribution in [0.3, 0.4) is 0 Å². The maximum atomic E-state index is 5.61. The highest BCUT2D eigenvalue weighted by Crippen LogP contribution is 2.40. The molecule has 158 valence electrons. The zero-order valence-corrected chi connectivity index (χ0v) is 19.9. The summed E-state index contributed by atoms with van der Waals surface area (Å²) < 4.78 is 5.61. The molecule has 3 rings (SSSR count). The van der Waals surface area contributed by atoms with Gasteiger partial charge in [-0.25, -0.2) is 4.98 Å². The van der Waals surface area contributed by atoms with E-state index in [-0.39, 0.29) is 30.1 Å². The zero-order chi connectivity index (χ0) is 19.1. The van der Waals surface area contributed by atoms with Gasteiger partial charge in [-0.05, 0) is 43.2 Å². The molecule has 0 radical (unpaired) electrons. The van der Waals surface area contributed by atoms with Gasteiger partial charge in [-0.2, -0.15) is 0 Å². The maximum absolute atomic E-state index is 5.61. The lowest BCUT2D eigenvalue weighted by atomic mass is 9.83. The third kappa shape index (κ3) is 6.20. The second kappa shape index (κ2) is 11.2. The van der Waals surface area contributed by atoms with Crippen molar-refractivity contribution in [3.05, 3.63) is 23.9 Å². The summed E-state index contributed by atoms with van der Waals surface area (Å²) in [5.74, 6) is 1.91. The van der Waals surface area contributed by atoms with Gasteiger partial charge in [-0.1, -0.05) is 25.8 Å². The minimum atomic E-state index is 0. The Hall–Kier alpha value is -1.09. The number of anilines is 1. The number of nitrogens with zero attached hydrogens (tertiary/aromatic N) is 3. The average Bonchev–Trinajstić information content (AvgIpc) is 3.18. The van der Waals surface area contributed by atoms with Crippen LogP contribution >= 0.6 is 24.0 Å². The fourth-order valence-electron chi connectivity index (χ4n) is 4.19. The summed E-state index contributed by atoms with van der Waals surface area (Å²) >= 11 is 0. The summed E-state index contributed by atoms with van der Waals surface area (Å²) in [5.41, 5.74) is 1.62. The van der Waals surface area contributed by atoms with Gasteiger partial charge in [-0.15, -0.1) is 24.0 Å². The molecular formula is C21H36IN5O. The fraction of sp³-hybridized carbons (Fsp3) is 0.714. The van der Waals surface area contributed by atoms with E-state index in [1.165, 1.54) is 32.1 Å². The topological polar surface area (TPSA) is 61.8 Å². The minimum Gasteiger partial charge on any atom is -0.375 e. The maximum Gasteiger partial charge on any atom is 0.191 e. The van der Waals surface area contributed by atoms with Gasteiger partial charge >= 0.3 is 0 Å². The molecule has 1 aliphatic heterocycles. The number of rotatable bonds is 6. The molecule has 28 heavy (non-hydrogen) atoms. The summed E-state index contributed by atoms with van der Waals surface area (Å²) in [4.78, 5) is 11.3. The number of ether oxygens (including phenoxy) is 1. The van der Waals surface area contributed by atoms with Crippen molar-refractivity contribution in [2.45, 2.75) is 58.6 Å². The molecule has 6 nitrogen and oxygen atoms in total. The first-order chi connectivity index (χ1) is 13.1. The Balaban J connectivity index is 0.00000280. The average molecular weight is 501 g/mol. The summed E-state index contributed by atoms with van der Waals surface area (Å²) in [5, 5.41) is 6.96. The van der Waals surface area contributed by atoms with E-state index in [1.807, 2.05) is 13.2 Å². The van der Waals surface area contributed by atoms with Gasteiger partial charge in [0, 0.05) is 39.4 Å². The second-order valence-electron chi connectivity index (χ2n) is 7.99.